The first-order valence-electron chi connectivity index (χ1n) is 9.47. The van der Waals surface area contributed by atoms with Crippen LogP contribution >= 0.6 is 9.85 Å². The van der Waals surface area contributed by atoms with Crippen LogP contribution in [-0.2, 0) is 0 Å². The molecule has 0 atom stereocenters. The molecule has 0 radical (unpaired) electrons. The maximum atomic E-state index is 6.07. The summed E-state index contributed by atoms with van der Waals surface area (Å²) in [6, 6.07) is 44.9. The molecule has 30 heavy (non-hydrogen) atoms. The molecule has 0 saturated heterocycles. The Morgan fingerprint density at radius 2 is 0.900 bits per heavy atom. The van der Waals surface area contributed by atoms with Crippen molar-refractivity contribution in [2.75, 3.05) is 0 Å². The summed E-state index contributed by atoms with van der Waals surface area (Å²) in [5, 5.41) is 4.33. The van der Waals surface area contributed by atoms with Crippen LogP contribution < -0.4 is 45.2 Å². The summed E-state index contributed by atoms with van der Waals surface area (Å²) in [7, 11) is 0. The Balaban J connectivity index is 0.00000218. The molecule has 150 valence electrons. The molecule has 0 unspecified atom stereocenters. The van der Waals surface area contributed by atoms with Crippen molar-refractivity contribution in [1.82, 2.24) is 0 Å². The summed E-state index contributed by atoms with van der Waals surface area (Å²) in [5.41, 5.74) is 0. The second kappa shape index (κ2) is 10.2. The van der Waals surface area contributed by atoms with Crippen molar-refractivity contribution >= 4 is 64.1 Å². The van der Waals surface area contributed by atoms with E-state index in [0.717, 1.165) is 0 Å². The average Bonchev–Trinajstić information content (AvgIpc) is 3.25. The van der Waals surface area contributed by atoms with Crippen LogP contribution in [0, 0.1) is 0 Å². The van der Waals surface area contributed by atoms with Crippen molar-refractivity contribution in [3.05, 3.63) is 121 Å². The number of halogens is 1. The van der Waals surface area contributed by atoms with Crippen molar-refractivity contribution in [2.45, 2.75) is 0 Å². The van der Waals surface area contributed by atoms with Crippen molar-refractivity contribution in [3.63, 3.8) is 0 Å². The SMILES string of the molecule is [I-].c1ccc(P2(c3ccccc3)=N[P+](c3ccccc3)(c3ccccc3)[Te][Te]2)cc1. The fraction of sp³-hybridized carbons (Fsp3) is 0. The van der Waals surface area contributed by atoms with Crippen molar-refractivity contribution in [2.24, 2.45) is 4.52 Å². The van der Waals surface area contributed by atoms with Crippen LogP contribution in [-0.4, -0.2) is 33.0 Å². The van der Waals surface area contributed by atoms with E-state index in [1.54, 1.807) is 0 Å². The number of benzene rings is 4. The normalized spacial score (nSPS) is 16.3. The number of hydrogen-bond acceptors (Lipinski definition) is 1. The molecular formula is C24H20INP2Te2. The van der Waals surface area contributed by atoms with Gasteiger partial charge in [0.1, 0.15) is 0 Å². The maximum absolute atomic E-state index is 6.07. The van der Waals surface area contributed by atoms with E-state index in [1.165, 1.54) is 21.2 Å². The minimum atomic E-state index is -1.64. The van der Waals surface area contributed by atoms with Gasteiger partial charge in [-0.25, -0.2) is 0 Å². The molecule has 4 aromatic carbocycles. The molecule has 0 N–H and O–H groups in total. The van der Waals surface area contributed by atoms with E-state index in [1.807, 2.05) is 0 Å². The Bertz CT molecular complexity index is 1070. The third kappa shape index (κ3) is 4.24. The van der Waals surface area contributed by atoms with Gasteiger partial charge in [0.15, 0.2) is 0 Å². The fourth-order valence-corrected chi connectivity index (χ4v) is 97.4. The molecule has 1 aliphatic heterocycles. The van der Waals surface area contributed by atoms with Gasteiger partial charge in [0, 0.05) is 0 Å². The molecule has 6 heteroatoms. The summed E-state index contributed by atoms with van der Waals surface area (Å²) in [6.07, 6.45) is 0. The fourth-order valence-electron chi connectivity index (χ4n) is 3.50. The van der Waals surface area contributed by atoms with Crippen LogP contribution in [0.4, 0.5) is 0 Å². The van der Waals surface area contributed by atoms with E-state index >= 15 is 0 Å². The third-order valence-corrected chi connectivity index (χ3v) is 64.3. The van der Waals surface area contributed by atoms with E-state index in [-0.39, 0.29) is 57.0 Å². The molecule has 0 aromatic heterocycles. The van der Waals surface area contributed by atoms with Gasteiger partial charge in [-0.05, 0) is 0 Å². The van der Waals surface area contributed by atoms with Crippen molar-refractivity contribution in [1.29, 1.82) is 0 Å². The predicted octanol–water partition coefficient (Wildman–Crippen LogP) is 1.59. The third-order valence-electron chi connectivity index (χ3n) is 4.93. The summed E-state index contributed by atoms with van der Waals surface area (Å²) < 4.78 is 4.43. The molecule has 1 heterocycles. The Hall–Kier alpha value is -0.151. The Kier molecular flexibility index (Phi) is 7.82. The van der Waals surface area contributed by atoms with Gasteiger partial charge < -0.3 is 24.0 Å². The first-order chi connectivity index (χ1) is 14.3. The topological polar surface area (TPSA) is 12.4 Å². The Labute approximate surface area is 211 Å². The summed E-state index contributed by atoms with van der Waals surface area (Å²) in [4.78, 5) is 0. The van der Waals surface area contributed by atoms with Crippen LogP contribution in [0.2, 0.25) is 0 Å². The van der Waals surface area contributed by atoms with Gasteiger partial charge >= 0.3 is 190 Å². The molecular weight excluding hydrogens is 746 g/mol. The van der Waals surface area contributed by atoms with E-state index in [2.05, 4.69) is 121 Å². The average molecular weight is 766 g/mol. The van der Waals surface area contributed by atoms with Crippen LogP contribution in [0.1, 0.15) is 0 Å². The first kappa shape index (κ1) is 23.0. The van der Waals surface area contributed by atoms with Crippen LogP contribution in [0.5, 0.6) is 0 Å². The second-order valence-electron chi connectivity index (χ2n) is 6.73. The standard InChI is InChI=1S/C24H20NP2Te2.HI/c1-5-13-21(14-6-1)26(22-15-7-2-8-16-22)25-27(29-28-26,23-17-9-3-10-18-23)24-19-11-4-12-20-24;/h1-20H;1H/q+1;/p-1. The van der Waals surface area contributed by atoms with E-state index in [9.17, 15) is 0 Å². The van der Waals surface area contributed by atoms with Gasteiger partial charge in [-0.1, -0.05) is 0 Å². The molecule has 5 rings (SSSR count). The van der Waals surface area contributed by atoms with Gasteiger partial charge in [0.05, 0.1) is 0 Å². The monoisotopic (exact) mass is 771 g/mol. The van der Waals surface area contributed by atoms with Gasteiger partial charge in [-0.2, -0.15) is 0 Å². The summed E-state index contributed by atoms with van der Waals surface area (Å²) in [5.74, 6) is 0. The molecule has 4 aromatic rings. The van der Waals surface area contributed by atoms with Gasteiger partial charge in [-0.3, -0.25) is 0 Å². The molecule has 0 aliphatic carbocycles. The zero-order valence-corrected chi connectivity index (χ0v) is 24.7. The molecule has 1 nitrogen and oxygen atoms in total. The quantitative estimate of drug-likeness (QED) is 0.170. The molecule has 0 saturated carbocycles. The minimum absolute atomic E-state index is 0. The molecule has 0 spiro atoms. The predicted molar refractivity (Wildman–Crippen MR) is 132 cm³/mol. The van der Waals surface area contributed by atoms with Crippen LogP contribution in [0.15, 0.2) is 126 Å². The van der Waals surface area contributed by atoms with Crippen molar-refractivity contribution in [3.8, 4) is 0 Å². The number of rotatable bonds is 4. The van der Waals surface area contributed by atoms with Gasteiger partial charge in [0.25, 0.3) is 0 Å². The zero-order chi connectivity index (χ0) is 19.6. The van der Waals surface area contributed by atoms with Crippen LogP contribution in [0.3, 0.4) is 0 Å². The second-order valence-corrected chi connectivity index (χ2v) is 40.8. The van der Waals surface area contributed by atoms with Gasteiger partial charge in [-0.15, -0.1) is 0 Å². The van der Waals surface area contributed by atoms with Crippen LogP contribution in [0.25, 0.3) is 0 Å². The number of nitrogens with zero attached hydrogens (tertiary/aromatic N) is 1. The molecule has 0 amide bonds. The molecule has 1 aliphatic rings. The molecule has 0 fully saturated rings. The first-order valence-corrected chi connectivity index (χ1v) is 26.4. The zero-order valence-electron chi connectivity index (χ0n) is 16.1. The summed E-state index contributed by atoms with van der Waals surface area (Å²) in [6.45, 7) is 0. The van der Waals surface area contributed by atoms with Gasteiger partial charge in [0.2, 0.25) is 0 Å². The Morgan fingerprint density at radius 3 is 1.30 bits per heavy atom. The molecule has 0 bridgehead atoms. The van der Waals surface area contributed by atoms with E-state index in [0.29, 0.717) is 0 Å². The Morgan fingerprint density at radius 1 is 0.533 bits per heavy atom. The summed E-state index contributed by atoms with van der Waals surface area (Å²) >= 11 is -0.426. The van der Waals surface area contributed by atoms with E-state index < -0.39 is 9.85 Å². The van der Waals surface area contributed by atoms with Crippen molar-refractivity contribution < 1.29 is 24.0 Å². The number of hydrogen-bond donors (Lipinski definition) is 0. The van der Waals surface area contributed by atoms with E-state index in [4.69, 9.17) is 4.52 Å².